The van der Waals surface area contributed by atoms with Gasteiger partial charge in [-0.25, -0.2) is 4.98 Å². The molecule has 6 heteroatoms. The topological polar surface area (TPSA) is 49.9 Å². The highest BCUT2D eigenvalue weighted by Crippen LogP contribution is 2.23. The van der Waals surface area contributed by atoms with Crippen LogP contribution in [-0.2, 0) is 19.6 Å². The molecule has 0 radical (unpaired) electrons. The van der Waals surface area contributed by atoms with E-state index in [4.69, 9.17) is 27.9 Å². The highest BCUT2D eigenvalue weighted by Gasteiger charge is 2.03. The van der Waals surface area contributed by atoms with Gasteiger partial charge in [-0.3, -0.25) is 0 Å². The number of fused-ring (bicyclic) bond motifs is 1. The molecule has 4 aromatic rings. The molecule has 148 valence electrons. The first-order valence-corrected chi connectivity index (χ1v) is 10.2. The molecule has 29 heavy (non-hydrogen) atoms. The lowest BCUT2D eigenvalue weighted by Crippen LogP contribution is -2.17. The molecule has 4 nitrogen and oxygen atoms in total. The Kier molecular flexibility index (Phi) is 6.35. The van der Waals surface area contributed by atoms with Crippen LogP contribution in [0.2, 0.25) is 10.0 Å². The van der Waals surface area contributed by atoms with Crippen molar-refractivity contribution >= 4 is 34.2 Å². The summed E-state index contributed by atoms with van der Waals surface area (Å²) >= 11 is 12.0. The maximum absolute atomic E-state index is 6.06. The number of ether oxygens (including phenoxy) is 1. The second-order valence-electron chi connectivity index (χ2n) is 6.81. The lowest BCUT2D eigenvalue weighted by atomic mass is 10.2. The van der Waals surface area contributed by atoms with E-state index in [0.29, 0.717) is 16.7 Å². The van der Waals surface area contributed by atoms with Crippen molar-refractivity contribution < 1.29 is 4.74 Å². The zero-order chi connectivity index (χ0) is 20.1. The van der Waals surface area contributed by atoms with E-state index in [1.807, 2.05) is 54.6 Å². The summed E-state index contributed by atoms with van der Waals surface area (Å²) in [6.45, 7) is 2.05. The van der Waals surface area contributed by atoms with E-state index >= 15 is 0 Å². The molecule has 0 spiro atoms. The smallest absolute Gasteiger partial charge is 0.120 e. The van der Waals surface area contributed by atoms with Gasteiger partial charge in [0.15, 0.2) is 0 Å². The van der Waals surface area contributed by atoms with Crippen LogP contribution in [0.3, 0.4) is 0 Å². The van der Waals surface area contributed by atoms with Crippen molar-refractivity contribution in [2.45, 2.75) is 19.6 Å². The number of benzene rings is 3. The molecule has 0 amide bonds. The van der Waals surface area contributed by atoms with Crippen molar-refractivity contribution in [1.29, 1.82) is 0 Å². The van der Waals surface area contributed by atoms with Gasteiger partial charge in [0.1, 0.15) is 18.2 Å². The standard InChI is InChI=1S/C23H21Cl2N3O/c24-19-9-8-17(13-20(19)25)15-29-18-5-3-4-16(12-18)14-26-11-10-23-27-21-6-1-2-7-22(21)28-23/h1-9,12-13,26H,10-11,14-15H2,(H,27,28). The second-order valence-corrected chi connectivity index (χ2v) is 7.63. The number of para-hydroxylation sites is 2. The quantitative estimate of drug-likeness (QED) is 0.351. The largest absolute Gasteiger partial charge is 0.489 e. The third kappa shape index (κ3) is 5.30. The summed E-state index contributed by atoms with van der Waals surface area (Å²) in [5, 5.41) is 4.55. The minimum Gasteiger partial charge on any atom is -0.489 e. The Morgan fingerprint density at radius 1 is 0.897 bits per heavy atom. The summed E-state index contributed by atoms with van der Waals surface area (Å²) in [6, 6.07) is 21.7. The number of hydrogen-bond donors (Lipinski definition) is 2. The molecule has 0 fully saturated rings. The molecule has 1 heterocycles. The van der Waals surface area contributed by atoms with Gasteiger partial charge in [0.25, 0.3) is 0 Å². The highest BCUT2D eigenvalue weighted by molar-refractivity contribution is 6.42. The Morgan fingerprint density at radius 3 is 2.66 bits per heavy atom. The average molecular weight is 426 g/mol. The lowest BCUT2D eigenvalue weighted by molar-refractivity contribution is 0.306. The van der Waals surface area contributed by atoms with Crippen molar-refractivity contribution in [3.63, 3.8) is 0 Å². The molecule has 0 aliphatic heterocycles. The fourth-order valence-electron chi connectivity index (χ4n) is 3.10. The van der Waals surface area contributed by atoms with E-state index in [1.54, 1.807) is 6.07 Å². The van der Waals surface area contributed by atoms with E-state index in [2.05, 4.69) is 21.4 Å². The summed E-state index contributed by atoms with van der Waals surface area (Å²) < 4.78 is 5.89. The summed E-state index contributed by atoms with van der Waals surface area (Å²) in [4.78, 5) is 7.96. The van der Waals surface area contributed by atoms with Gasteiger partial charge < -0.3 is 15.0 Å². The molecule has 4 rings (SSSR count). The van der Waals surface area contributed by atoms with Gasteiger partial charge in [-0.05, 0) is 47.5 Å². The number of halogens is 2. The Labute approximate surface area is 179 Å². The monoisotopic (exact) mass is 425 g/mol. The molecule has 0 aliphatic rings. The summed E-state index contributed by atoms with van der Waals surface area (Å²) in [6.07, 6.45) is 0.849. The van der Waals surface area contributed by atoms with Crippen LogP contribution in [0, 0.1) is 0 Å². The van der Waals surface area contributed by atoms with Crippen LogP contribution >= 0.6 is 23.2 Å². The van der Waals surface area contributed by atoms with Gasteiger partial charge in [0.05, 0.1) is 21.1 Å². The fraction of sp³-hybridized carbons (Fsp3) is 0.174. The minimum atomic E-state index is 0.444. The van der Waals surface area contributed by atoms with Gasteiger partial charge in [-0.2, -0.15) is 0 Å². The van der Waals surface area contributed by atoms with Gasteiger partial charge in [0.2, 0.25) is 0 Å². The Morgan fingerprint density at radius 2 is 1.79 bits per heavy atom. The van der Waals surface area contributed by atoms with E-state index in [1.165, 1.54) is 5.56 Å². The normalized spacial score (nSPS) is 11.1. The van der Waals surface area contributed by atoms with E-state index in [9.17, 15) is 0 Å². The first-order chi connectivity index (χ1) is 14.2. The second kappa shape index (κ2) is 9.31. The van der Waals surface area contributed by atoms with Crippen LogP contribution in [0.4, 0.5) is 0 Å². The molecular weight excluding hydrogens is 405 g/mol. The molecule has 0 unspecified atom stereocenters. The number of rotatable bonds is 8. The van der Waals surface area contributed by atoms with Crippen molar-refractivity contribution in [2.24, 2.45) is 0 Å². The third-order valence-electron chi connectivity index (χ3n) is 4.59. The maximum atomic E-state index is 6.06. The van der Waals surface area contributed by atoms with Crippen molar-refractivity contribution in [3.8, 4) is 5.75 Å². The number of aromatic nitrogens is 2. The average Bonchev–Trinajstić information content (AvgIpc) is 3.15. The highest BCUT2D eigenvalue weighted by atomic mass is 35.5. The van der Waals surface area contributed by atoms with Crippen LogP contribution in [0.1, 0.15) is 17.0 Å². The van der Waals surface area contributed by atoms with E-state index < -0.39 is 0 Å². The number of nitrogens with one attached hydrogen (secondary N) is 2. The third-order valence-corrected chi connectivity index (χ3v) is 5.33. The molecule has 0 atom stereocenters. The molecule has 0 bridgehead atoms. The van der Waals surface area contributed by atoms with Gasteiger partial charge in [-0.15, -0.1) is 0 Å². The SMILES string of the molecule is Clc1ccc(COc2cccc(CNCCc3nc4ccccc4[nH]3)c2)cc1Cl. The maximum Gasteiger partial charge on any atom is 0.120 e. The molecule has 0 saturated heterocycles. The van der Waals surface area contributed by atoms with E-state index in [0.717, 1.165) is 47.7 Å². The summed E-state index contributed by atoms with van der Waals surface area (Å²) in [5.41, 5.74) is 4.23. The lowest BCUT2D eigenvalue weighted by Gasteiger charge is -2.09. The Bertz CT molecular complexity index is 1080. The first-order valence-electron chi connectivity index (χ1n) is 9.47. The molecule has 1 aromatic heterocycles. The van der Waals surface area contributed by atoms with Crippen molar-refractivity contribution in [3.05, 3.63) is 93.7 Å². The van der Waals surface area contributed by atoms with E-state index in [-0.39, 0.29) is 0 Å². The van der Waals surface area contributed by atoms with Crippen LogP contribution in [0.25, 0.3) is 11.0 Å². The van der Waals surface area contributed by atoms with Crippen LogP contribution in [-0.4, -0.2) is 16.5 Å². The molecule has 0 saturated carbocycles. The summed E-state index contributed by atoms with van der Waals surface area (Å²) in [5.74, 6) is 1.82. The molecular formula is C23H21Cl2N3O. The number of imidazole rings is 1. The molecule has 2 N–H and O–H groups in total. The first kappa shape index (κ1) is 19.8. The Hall–Kier alpha value is -2.53. The van der Waals surface area contributed by atoms with Gasteiger partial charge in [0, 0.05) is 19.5 Å². The Balaban J connectivity index is 1.26. The van der Waals surface area contributed by atoms with Crippen LogP contribution < -0.4 is 10.1 Å². The predicted molar refractivity (Wildman–Crippen MR) is 119 cm³/mol. The number of H-pyrrole nitrogens is 1. The molecule has 3 aromatic carbocycles. The van der Waals surface area contributed by atoms with Crippen molar-refractivity contribution in [2.75, 3.05) is 6.54 Å². The van der Waals surface area contributed by atoms with Crippen LogP contribution in [0.5, 0.6) is 5.75 Å². The zero-order valence-electron chi connectivity index (χ0n) is 15.8. The number of hydrogen-bond acceptors (Lipinski definition) is 3. The zero-order valence-corrected chi connectivity index (χ0v) is 17.3. The van der Waals surface area contributed by atoms with Crippen LogP contribution in [0.15, 0.2) is 66.7 Å². The van der Waals surface area contributed by atoms with Crippen molar-refractivity contribution in [1.82, 2.24) is 15.3 Å². The van der Waals surface area contributed by atoms with Gasteiger partial charge >= 0.3 is 0 Å². The minimum absolute atomic E-state index is 0.444. The van der Waals surface area contributed by atoms with Gasteiger partial charge in [-0.1, -0.05) is 53.5 Å². The number of nitrogens with zero attached hydrogens (tertiary/aromatic N) is 1. The predicted octanol–water partition coefficient (Wildman–Crippen LogP) is 5.78. The number of aromatic amines is 1. The fourth-order valence-corrected chi connectivity index (χ4v) is 3.43. The summed E-state index contributed by atoms with van der Waals surface area (Å²) in [7, 11) is 0. The molecule has 0 aliphatic carbocycles.